The van der Waals surface area contributed by atoms with E-state index in [0.717, 1.165) is 24.8 Å². The van der Waals surface area contributed by atoms with E-state index in [0.29, 0.717) is 12.1 Å². The van der Waals surface area contributed by atoms with Crippen molar-refractivity contribution in [1.82, 2.24) is 4.72 Å². The number of hydrogen-bond donors (Lipinski definition) is 2. The number of nitrogens with one attached hydrogen (secondary N) is 1. The fourth-order valence-electron chi connectivity index (χ4n) is 1.58. The molecule has 0 aromatic heterocycles. The van der Waals surface area contributed by atoms with Gasteiger partial charge in [0.05, 0.1) is 0 Å². The Morgan fingerprint density at radius 1 is 1.19 bits per heavy atom. The fourth-order valence-corrected chi connectivity index (χ4v) is 2.21. The van der Waals surface area contributed by atoms with Crippen LogP contribution in [0.15, 0.2) is 11.3 Å². The third-order valence-electron chi connectivity index (χ3n) is 2.53. The highest BCUT2D eigenvalue weighted by molar-refractivity contribution is 7.83. The maximum atomic E-state index is 10.7. The molecular weight excluding hydrogens is 226 g/mol. The molecule has 0 heterocycles. The van der Waals surface area contributed by atoms with Gasteiger partial charge in [-0.25, -0.2) is 0 Å². The van der Waals surface area contributed by atoms with E-state index in [1.807, 2.05) is 13.8 Å². The summed E-state index contributed by atoms with van der Waals surface area (Å²) in [5.74, 6) is 0. The van der Waals surface area contributed by atoms with Gasteiger partial charge in [-0.3, -0.25) is 9.27 Å². The first-order valence-electron chi connectivity index (χ1n) is 5.84. The first-order valence-corrected chi connectivity index (χ1v) is 7.28. The quantitative estimate of drug-likeness (QED) is 0.513. The summed E-state index contributed by atoms with van der Waals surface area (Å²) in [6, 6.07) is 0. The van der Waals surface area contributed by atoms with Gasteiger partial charge in [0.2, 0.25) is 0 Å². The maximum Gasteiger partial charge on any atom is 0.357 e. The molecule has 0 amide bonds. The summed E-state index contributed by atoms with van der Waals surface area (Å²) in [7, 11) is -4.12. The van der Waals surface area contributed by atoms with Gasteiger partial charge in [-0.05, 0) is 26.2 Å². The molecule has 0 fully saturated rings. The lowest BCUT2D eigenvalue weighted by Crippen LogP contribution is -2.22. The van der Waals surface area contributed by atoms with Crippen LogP contribution in [-0.2, 0) is 10.3 Å². The van der Waals surface area contributed by atoms with E-state index >= 15 is 0 Å². The zero-order valence-corrected chi connectivity index (χ0v) is 11.2. The van der Waals surface area contributed by atoms with Crippen molar-refractivity contribution in [3.63, 3.8) is 0 Å². The molecule has 0 aliphatic heterocycles. The van der Waals surface area contributed by atoms with Crippen LogP contribution in [0.1, 0.15) is 59.3 Å². The zero-order valence-electron chi connectivity index (χ0n) is 10.4. The van der Waals surface area contributed by atoms with Gasteiger partial charge in [-0.1, -0.05) is 38.7 Å². The van der Waals surface area contributed by atoms with Gasteiger partial charge in [-0.15, -0.1) is 0 Å². The standard InChI is InChI=1S/C11H23NO3S/c1-4-6-7-8-9-10(3)11(5-2)12-16(13,14)15/h12H,4-9H2,1-3H3,(H,13,14,15). The van der Waals surface area contributed by atoms with Crippen molar-refractivity contribution in [2.24, 2.45) is 0 Å². The molecule has 5 heteroatoms. The summed E-state index contributed by atoms with van der Waals surface area (Å²) >= 11 is 0. The lowest BCUT2D eigenvalue weighted by molar-refractivity contribution is 0.472. The van der Waals surface area contributed by atoms with Crippen LogP contribution >= 0.6 is 0 Å². The second kappa shape index (κ2) is 7.68. The van der Waals surface area contributed by atoms with Crippen LogP contribution in [0.2, 0.25) is 0 Å². The maximum absolute atomic E-state index is 10.7. The molecule has 0 atom stereocenters. The van der Waals surface area contributed by atoms with Crippen LogP contribution in [0, 0.1) is 0 Å². The van der Waals surface area contributed by atoms with E-state index in [1.54, 1.807) is 0 Å². The molecule has 0 saturated carbocycles. The highest BCUT2D eigenvalue weighted by Crippen LogP contribution is 2.14. The Morgan fingerprint density at radius 2 is 1.81 bits per heavy atom. The van der Waals surface area contributed by atoms with Crippen molar-refractivity contribution < 1.29 is 13.0 Å². The molecule has 16 heavy (non-hydrogen) atoms. The fraction of sp³-hybridized carbons (Fsp3) is 0.818. The number of allylic oxidation sites excluding steroid dienone is 2. The minimum atomic E-state index is -4.12. The van der Waals surface area contributed by atoms with Crippen molar-refractivity contribution in [3.05, 3.63) is 11.3 Å². The molecule has 0 aliphatic rings. The topological polar surface area (TPSA) is 66.4 Å². The van der Waals surface area contributed by atoms with Crippen LogP contribution in [0.25, 0.3) is 0 Å². The van der Waals surface area contributed by atoms with Crippen LogP contribution in [0.5, 0.6) is 0 Å². The summed E-state index contributed by atoms with van der Waals surface area (Å²) in [5.41, 5.74) is 1.62. The Balaban J connectivity index is 4.27. The van der Waals surface area contributed by atoms with Gasteiger partial charge in [0.25, 0.3) is 0 Å². The molecule has 0 rings (SSSR count). The lowest BCUT2D eigenvalue weighted by atomic mass is 10.1. The smallest absolute Gasteiger partial charge is 0.269 e. The third kappa shape index (κ3) is 7.70. The molecular formula is C11H23NO3S. The SMILES string of the molecule is CCCCCCC(C)=C(CC)NS(=O)(=O)O. The predicted molar refractivity (Wildman–Crippen MR) is 66.4 cm³/mol. The van der Waals surface area contributed by atoms with Crippen molar-refractivity contribution in [3.8, 4) is 0 Å². The Morgan fingerprint density at radius 3 is 2.25 bits per heavy atom. The lowest BCUT2D eigenvalue weighted by Gasteiger charge is -2.10. The number of hydrogen-bond acceptors (Lipinski definition) is 2. The highest BCUT2D eigenvalue weighted by Gasteiger charge is 2.07. The molecule has 0 bridgehead atoms. The molecule has 0 aliphatic carbocycles. The average molecular weight is 249 g/mol. The zero-order chi connectivity index (χ0) is 12.6. The molecule has 0 spiro atoms. The number of rotatable bonds is 8. The Hall–Kier alpha value is -0.550. The molecule has 0 aromatic rings. The molecule has 4 nitrogen and oxygen atoms in total. The van der Waals surface area contributed by atoms with Crippen molar-refractivity contribution in [2.75, 3.05) is 0 Å². The second-order valence-corrected chi connectivity index (χ2v) is 5.15. The second-order valence-electron chi connectivity index (χ2n) is 4.00. The highest BCUT2D eigenvalue weighted by atomic mass is 32.2. The first kappa shape index (κ1) is 15.4. The summed E-state index contributed by atoms with van der Waals surface area (Å²) in [4.78, 5) is 0. The third-order valence-corrected chi connectivity index (χ3v) is 3.03. The summed E-state index contributed by atoms with van der Waals surface area (Å²) in [6.45, 7) is 5.92. The monoisotopic (exact) mass is 249 g/mol. The Kier molecular flexibility index (Phi) is 7.42. The van der Waals surface area contributed by atoms with Gasteiger partial charge in [0.15, 0.2) is 0 Å². The van der Waals surface area contributed by atoms with Crippen molar-refractivity contribution in [2.45, 2.75) is 59.3 Å². The van der Waals surface area contributed by atoms with Crippen LogP contribution in [0.3, 0.4) is 0 Å². The van der Waals surface area contributed by atoms with E-state index < -0.39 is 10.3 Å². The van der Waals surface area contributed by atoms with E-state index in [-0.39, 0.29) is 0 Å². The summed E-state index contributed by atoms with van der Waals surface area (Å²) in [6.07, 6.45) is 6.09. The molecule has 0 aromatic carbocycles. The largest absolute Gasteiger partial charge is 0.357 e. The van der Waals surface area contributed by atoms with Gasteiger partial charge in [-0.2, -0.15) is 8.42 Å². The molecule has 2 N–H and O–H groups in total. The average Bonchev–Trinajstić information content (AvgIpc) is 2.19. The predicted octanol–water partition coefficient (Wildman–Crippen LogP) is 3.03. The van der Waals surface area contributed by atoms with E-state index in [2.05, 4.69) is 11.6 Å². The van der Waals surface area contributed by atoms with Crippen LogP contribution < -0.4 is 4.72 Å². The number of unbranched alkanes of at least 4 members (excludes halogenated alkanes) is 3. The van der Waals surface area contributed by atoms with Gasteiger partial charge >= 0.3 is 10.3 Å². The molecule has 0 unspecified atom stereocenters. The minimum absolute atomic E-state index is 0.583. The van der Waals surface area contributed by atoms with E-state index in [9.17, 15) is 8.42 Å². The molecule has 96 valence electrons. The first-order chi connectivity index (χ1) is 7.40. The molecule has 0 saturated heterocycles. The van der Waals surface area contributed by atoms with Crippen LogP contribution in [0.4, 0.5) is 0 Å². The van der Waals surface area contributed by atoms with E-state index in [4.69, 9.17) is 4.55 Å². The summed E-state index contributed by atoms with van der Waals surface area (Å²) < 4.78 is 32.2. The summed E-state index contributed by atoms with van der Waals surface area (Å²) in [5, 5.41) is 0. The van der Waals surface area contributed by atoms with Gasteiger partial charge in [0, 0.05) is 5.70 Å². The van der Waals surface area contributed by atoms with Gasteiger partial charge < -0.3 is 0 Å². The van der Waals surface area contributed by atoms with E-state index in [1.165, 1.54) is 12.8 Å². The van der Waals surface area contributed by atoms with Crippen molar-refractivity contribution in [1.29, 1.82) is 0 Å². The van der Waals surface area contributed by atoms with Crippen molar-refractivity contribution >= 4 is 10.3 Å². The molecule has 0 radical (unpaired) electrons. The Labute approximate surface area is 99.0 Å². The van der Waals surface area contributed by atoms with Gasteiger partial charge in [0.1, 0.15) is 0 Å². The van der Waals surface area contributed by atoms with Crippen LogP contribution in [-0.4, -0.2) is 13.0 Å². The minimum Gasteiger partial charge on any atom is -0.269 e. The Bertz CT molecular complexity index is 320. The normalized spacial score (nSPS) is 13.5.